The first-order valence-corrected chi connectivity index (χ1v) is 13.4. The zero-order chi connectivity index (χ0) is 29.0. The average molecular weight is 567 g/mol. The first-order chi connectivity index (χ1) is 19.1. The quantitative estimate of drug-likeness (QED) is 0.371. The number of methoxy groups -OCH3 is 1. The molecule has 0 radical (unpaired) electrons. The number of carboxylic acids is 1. The summed E-state index contributed by atoms with van der Waals surface area (Å²) in [6.07, 6.45) is 1.64. The second kappa shape index (κ2) is 12.2. The number of ether oxygens (including phenoxy) is 4. The van der Waals surface area contributed by atoms with Gasteiger partial charge in [0.05, 0.1) is 41.7 Å². The van der Waals surface area contributed by atoms with E-state index in [0.29, 0.717) is 43.4 Å². The summed E-state index contributed by atoms with van der Waals surface area (Å²) >= 11 is 1.20. The Bertz CT molecular complexity index is 1630. The number of aromatic nitrogens is 1. The second-order valence-electron chi connectivity index (χ2n) is 9.13. The number of carbonyl (C=O) groups excluding carboxylic acids is 1. The van der Waals surface area contributed by atoms with E-state index < -0.39 is 24.6 Å². The number of hydrogen-bond acceptors (Lipinski definition) is 9. The molecule has 10 nitrogen and oxygen atoms in total. The van der Waals surface area contributed by atoms with Crippen LogP contribution in [-0.2, 0) is 14.3 Å². The molecule has 40 heavy (non-hydrogen) atoms. The van der Waals surface area contributed by atoms with Gasteiger partial charge in [0.25, 0.3) is 5.56 Å². The zero-order valence-electron chi connectivity index (χ0n) is 22.8. The number of carbonyl (C=O) groups is 2. The third-order valence-electron chi connectivity index (χ3n) is 5.92. The Hall–Kier alpha value is -4.38. The van der Waals surface area contributed by atoms with Crippen molar-refractivity contribution in [2.45, 2.75) is 39.8 Å². The summed E-state index contributed by atoms with van der Waals surface area (Å²) in [5.41, 5.74) is 1.74. The van der Waals surface area contributed by atoms with Gasteiger partial charge in [-0.25, -0.2) is 14.6 Å². The number of esters is 1. The van der Waals surface area contributed by atoms with E-state index in [4.69, 9.17) is 24.1 Å². The Morgan fingerprint density at radius 3 is 2.50 bits per heavy atom. The molecule has 4 rings (SSSR count). The standard InChI is InChI=1S/C29H30N2O8S/c1-6-37-28(35)25-17(4)30-29-31(26(25)19-9-12-21(39-16(2)3)22(14-19)36-5)27(34)23(40-29)13-18-7-10-20(11-8-18)38-15-24(32)33/h7-14,16,26H,6,15H2,1-5H3,(H,32,33)/b23-13-/t26-/m0/s1. The largest absolute Gasteiger partial charge is 0.493 e. The molecule has 2 aromatic carbocycles. The van der Waals surface area contributed by atoms with Gasteiger partial charge in [0.15, 0.2) is 22.9 Å². The molecular weight excluding hydrogens is 536 g/mol. The van der Waals surface area contributed by atoms with Crippen molar-refractivity contribution in [3.63, 3.8) is 0 Å². The van der Waals surface area contributed by atoms with Crippen LogP contribution in [0, 0.1) is 0 Å². The molecule has 0 bridgehead atoms. The minimum Gasteiger partial charge on any atom is -0.493 e. The van der Waals surface area contributed by atoms with Crippen molar-refractivity contribution >= 4 is 29.4 Å². The van der Waals surface area contributed by atoms with Gasteiger partial charge in [-0.2, -0.15) is 0 Å². The fourth-order valence-electron chi connectivity index (χ4n) is 4.27. The maximum Gasteiger partial charge on any atom is 0.341 e. The van der Waals surface area contributed by atoms with Gasteiger partial charge in [-0.05, 0) is 69.2 Å². The van der Waals surface area contributed by atoms with Crippen molar-refractivity contribution in [3.05, 3.63) is 84.5 Å². The highest BCUT2D eigenvalue weighted by Gasteiger charge is 2.34. The van der Waals surface area contributed by atoms with Crippen LogP contribution in [-0.4, -0.2) is 48.0 Å². The molecule has 0 aliphatic carbocycles. The second-order valence-corrected chi connectivity index (χ2v) is 10.1. The van der Waals surface area contributed by atoms with E-state index in [-0.39, 0.29) is 23.8 Å². The molecule has 1 N–H and O–H groups in total. The summed E-state index contributed by atoms with van der Waals surface area (Å²) < 4.78 is 23.9. The van der Waals surface area contributed by atoms with E-state index in [9.17, 15) is 14.4 Å². The lowest BCUT2D eigenvalue weighted by Gasteiger charge is -2.25. The van der Waals surface area contributed by atoms with Gasteiger partial charge >= 0.3 is 11.9 Å². The van der Waals surface area contributed by atoms with Crippen molar-refractivity contribution < 1.29 is 33.6 Å². The smallest absolute Gasteiger partial charge is 0.341 e. The van der Waals surface area contributed by atoms with Crippen LogP contribution in [0.4, 0.5) is 0 Å². The Morgan fingerprint density at radius 1 is 1.15 bits per heavy atom. The number of nitrogens with zero attached hydrogens (tertiary/aromatic N) is 2. The Kier molecular flexibility index (Phi) is 8.73. The van der Waals surface area contributed by atoms with Gasteiger partial charge in [-0.1, -0.05) is 29.5 Å². The van der Waals surface area contributed by atoms with Crippen LogP contribution in [0.2, 0.25) is 0 Å². The number of carboxylic acid groups (broad SMARTS) is 1. The normalized spacial score (nSPS) is 14.9. The number of benzene rings is 2. The van der Waals surface area contributed by atoms with Crippen LogP contribution in [0.25, 0.3) is 6.08 Å². The summed E-state index contributed by atoms with van der Waals surface area (Å²) in [6, 6.07) is 11.2. The summed E-state index contributed by atoms with van der Waals surface area (Å²) in [6.45, 7) is 6.98. The van der Waals surface area contributed by atoms with Crippen molar-refractivity contribution in [1.29, 1.82) is 0 Å². The van der Waals surface area contributed by atoms with E-state index in [1.54, 1.807) is 62.4 Å². The van der Waals surface area contributed by atoms with Gasteiger partial charge < -0.3 is 24.1 Å². The third-order valence-corrected chi connectivity index (χ3v) is 6.91. The molecule has 2 heterocycles. The predicted octanol–water partition coefficient (Wildman–Crippen LogP) is 3.06. The van der Waals surface area contributed by atoms with Crippen LogP contribution >= 0.6 is 11.3 Å². The molecule has 3 aromatic rings. The van der Waals surface area contributed by atoms with Crippen LogP contribution < -0.4 is 29.1 Å². The van der Waals surface area contributed by atoms with Gasteiger partial charge in [-0.3, -0.25) is 9.36 Å². The number of rotatable bonds is 10. The first kappa shape index (κ1) is 28.6. The van der Waals surface area contributed by atoms with E-state index in [0.717, 1.165) is 0 Å². The summed E-state index contributed by atoms with van der Waals surface area (Å²) in [4.78, 5) is 42.7. The van der Waals surface area contributed by atoms with E-state index in [2.05, 4.69) is 4.99 Å². The maximum absolute atomic E-state index is 13.8. The SMILES string of the molecule is CCOC(=O)C1=C(C)N=c2s/c(=C\c3ccc(OCC(=O)O)cc3)c(=O)n2[C@H]1c1ccc(OC(C)C)c(OC)c1. The molecule has 210 valence electrons. The van der Waals surface area contributed by atoms with Crippen LogP contribution in [0.15, 0.2) is 63.5 Å². The van der Waals surface area contributed by atoms with E-state index in [1.165, 1.54) is 23.0 Å². The van der Waals surface area contributed by atoms with E-state index >= 15 is 0 Å². The van der Waals surface area contributed by atoms with Gasteiger partial charge in [-0.15, -0.1) is 0 Å². The first-order valence-electron chi connectivity index (χ1n) is 12.6. The zero-order valence-corrected chi connectivity index (χ0v) is 23.6. The van der Waals surface area contributed by atoms with Crippen molar-refractivity contribution in [2.75, 3.05) is 20.3 Å². The van der Waals surface area contributed by atoms with Gasteiger partial charge in [0.2, 0.25) is 0 Å². The molecule has 0 amide bonds. The number of thiazole rings is 1. The Balaban J connectivity index is 1.84. The van der Waals surface area contributed by atoms with Crippen LogP contribution in [0.1, 0.15) is 44.9 Å². The molecule has 1 aromatic heterocycles. The number of allylic oxidation sites excluding steroid dienone is 1. The molecule has 1 atom stereocenters. The number of aliphatic carboxylic acids is 1. The van der Waals surface area contributed by atoms with E-state index in [1.807, 2.05) is 13.8 Å². The van der Waals surface area contributed by atoms with Crippen LogP contribution in [0.5, 0.6) is 17.2 Å². The molecule has 0 fully saturated rings. The predicted molar refractivity (Wildman–Crippen MR) is 149 cm³/mol. The minimum absolute atomic E-state index is 0.0764. The highest BCUT2D eigenvalue weighted by Crippen LogP contribution is 2.36. The Labute approximate surface area is 234 Å². The maximum atomic E-state index is 13.8. The topological polar surface area (TPSA) is 126 Å². The fraction of sp³-hybridized carbons (Fsp3) is 0.310. The highest BCUT2D eigenvalue weighted by molar-refractivity contribution is 7.07. The molecule has 0 unspecified atom stereocenters. The molecule has 1 aliphatic heterocycles. The molecule has 11 heteroatoms. The molecule has 0 spiro atoms. The van der Waals surface area contributed by atoms with Crippen molar-refractivity contribution in [1.82, 2.24) is 4.57 Å². The summed E-state index contributed by atoms with van der Waals surface area (Å²) in [5.74, 6) is -0.216. The molecule has 0 saturated heterocycles. The summed E-state index contributed by atoms with van der Waals surface area (Å²) in [5, 5.41) is 8.80. The molecule has 0 saturated carbocycles. The van der Waals surface area contributed by atoms with Gasteiger partial charge in [0.1, 0.15) is 5.75 Å². The lowest BCUT2D eigenvalue weighted by atomic mass is 9.95. The fourth-order valence-corrected chi connectivity index (χ4v) is 5.32. The lowest BCUT2D eigenvalue weighted by molar-refractivity contribution is -0.140. The van der Waals surface area contributed by atoms with Gasteiger partial charge in [0, 0.05) is 0 Å². The van der Waals surface area contributed by atoms with Crippen LogP contribution in [0.3, 0.4) is 0 Å². The monoisotopic (exact) mass is 566 g/mol. The third kappa shape index (κ3) is 6.09. The Morgan fingerprint density at radius 2 is 1.88 bits per heavy atom. The lowest BCUT2D eigenvalue weighted by Crippen LogP contribution is -2.40. The number of hydrogen-bond donors (Lipinski definition) is 1. The molecular formula is C29H30N2O8S. The average Bonchev–Trinajstić information content (AvgIpc) is 3.21. The van der Waals surface area contributed by atoms with Crippen molar-refractivity contribution in [2.24, 2.45) is 4.99 Å². The minimum atomic E-state index is -1.07. The molecule has 1 aliphatic rings. The van der Waals surface area contributed by atoms with Crippen molar-refractivity contribution in [3.8, 4) is 17.2 Å². The summed E-state index contributed by atoms with van der Waals surface area (Å²) in [7, 11) is 1.53. The highest BCUT2D eigenvalue weighted by atomic mass is 32.1. The number of fused-ring (bicyclic) bond motifs is 1.